The maximum absolute atomic E-state index is 12.0. The third kappa shape index (κ3) is 27.9. The number of ether oxygens (including phenoxy) is 2. The number of hydrogen-bond donors (Lipinski definition) is 16. The van der Waals surface area contributed by atoms with E-state index in [9.17, 15) is 55.2 Å². The molecule has 0 aromatic rings. The van der Waals surface area contributed by atoms with E-state index in [0.29, 0.717) is 6.10 Å². The molecule has 0 aliphatic carbocycles. The number of hydrogen-bond acceptors (Lipinski definition) is 19. The predicted molar refractivity (Wildman–Crippen MR) is 191 cm³/mol. The van der Waals surface area contributed by atoms with E-state index >= 15 is 0 Å². The van der Waals surface area contributed by atoms with Crippen molar-refractivity contribution in [1.82, 2.24) is 15.5 Å². The lowest BCUT2D eigenvalue weighted by Gasteiger charge is -2.32. The zero-order valence-electron chi connectivity index (χ0n) is 31.8. The number of aliphatic carboxylic acids is 1. The molecule has 0 aromatic carbocycles. The molecule has 1 heterocycles. The van der Waals surface area contributed by atoms with Crippen molar-refractivity contribution >= 4 is 17.8 Å². The van der Waals surface area contributed by atoms with Gasteiger partial charge >= 0.3 is 5.97 Å². The zero-order chi connectivity index (χ0) is 42.7. The minimum atomic E-state index is -1.63. The first-order chi connectivity index (χ1) is 25.7. The van der Waals surface area contributed by atoms with Crippen LogP contribution in [0.4, 0.5) is 0 Å². The molecule has 22 nitrogen and oxygen atoms in total. The Morgan fingerprint density at radius 2 is 1.20 bits per heavy atom. The fourth-order valence-electron chi connectivity index (χ4n) is 4.16. The molecule has 1 aliphatic rings. The highest BCUT2D eigenvalue weighted by molar-refractivity contribution is 5.83. The number of amides is 2. The van der Waals surface area contributed by atoms with Gasteiger partial charge in [0.1, 0.15) is 18.3 Å². The van der Waals surface area contributed by atoms with Crippen molar-refractivity contribution in [3.63, 3.8) is 0 Å². The van der Waals surface area contributed by atoms with Crippen LogP contribution in [0, 0.1) is 5.92 Å². The van der Waals surface area contributed by atoms with Gasteiger partial charge in [0.2, 0.25) is 11.8 Å². The van der Waals surface area contributed by atoms with Crippen LogP contribution in [0.1, 0.15) is 46.5 Å². The number of carboxylic acid groups (broad SMARTS) is 1. The molecule has 11 unspecified atom stereocenters. The molecule has 0 bridgehead atoms. The summed E-state index contributed by atoms with van der Waals surface area (Å²) < 4.78 is 9.61. The van der Waals surface area contributed by atoms with Crippen LogP contribution in [-0.4, -0.2) is 234 Å². The van der Waals surface area contributed by atoms with Gasteiger partial charge in [-0.25, -0.2) is 4.79 Å². The molecule has 1 rings (SSSR count). The largest absolute Gasteiger partial charge is 0.479 e. The second-order valence-corrected chi connectivity index (χ2v) is 13.3. The topological polar surface area (TPSA) is 383 Å². The van der Waals surface area contributed by atoms with Crippen molar-refractivity contribution in [2.45, 2.75) is 114 Å². The number of epoxide rings is 1. The predicted octanol–water partition coefficient (Wildman–Crippen LogP) is -7.18. The molecule has 0 spiro atoms. The summed E-state index contributed by atoms with van der Waals surface area (Å²) in [6.45, 7) is 3.36. The van der Waals surface area contributed by atoms with Crippen LogP contribution < -0.4 is 10.6 Å². The first-order valence-electron chi connectivity index (χ1n) is 18.0. The Morgan fingerprint density at radius 3 is 1.56 bits per heavy atom. The molecule has 1 saturated heterocycles. The molecular weight excluding hydrogens is 742 g/mol. The molecule has 55 heavy (non-hydrogen) atoms. The van der Waals surface area contributed by atoms with Gasteiger partial charge in [0.15, 0.2) is 6.10 Å². The molecule has 22 heteroatoms. The highest BCUT2D eigenvalue weighted by Gasteiger charge is 2.33. The van der Waals surface area contributed by atoms with E-state index in [1.165, 1.54) is 4.90 Å². The Balaban J connectivity index is 0. The molecule has 2 amide bonds. The first kappa shape index (κ1) is 54.9. The summed E-state index contributed by atoms with van der Waals surface area (Å²) in [7, 11) is 0. The molecule has 16 N–H and O–H groups in total. The second kappa shape index (κ2) is 31.8. The Kier molecular flexibility index (Phi) is 31.7. The van der Waals surface area contributed by atoms with Crippen LogP contribution >= 0.6 is 0 Å². The number of carbonyl (C=O) groups is 3. The van der Waals surface area contributed by atoms with Crippen molar-refractivity contribution in [2.24, 2.45) is 5.92 Å². The molecule has 0 radical (unpaired) electrons. The molecule has 1 fully saturated rings. The summed E-state index contributed by atoms with van der Waals surface area (Å²) in [4.78, 5) is 35.2. The zero-order valence-corrected chi connectivity index (χ0v) is 31.8. The van der Waals surface area contributed by atoms with Crippen LogP contribution in [0.25, 0.3) is 0 Å². The molecular formula is C33H67N3O19. The van der Waals surface area contributed by atoms with Crippen molar-refractivity contribution in [2.75, 3.05) is 72.4 Å². The smallest absolute Gasteiger partial charge is 0.334 e. The normalized spacial score (nSPS) is 20.0. The molecule has 328 valence electrons. The van der Waals surface area contributed by atoms with Crippen LogP contribution in [0.15, 0.2) is 0 Å². The van der Waals surface area contributed by atoms with Gasteiger partial charge in [0, 0.05) is 58.8 Å². The number of carboxylic acids is 1. The maximum Gasteiger partial charge on any atom is 0.334 e. The van der Waals surface area contributed by atoms with E-state index in [4.69, 9.17) is 40.1 Å². The Morgan fingerprint density at radius 1 is 0.727 bits per heavy atom. The van der Waals surface area contributed by atoms with Gasteiger partial charge in [-0.2, -0.15) is 0 Å². The fraction of sp³-hybridized carbons (Fsp3) is 0.909. The Labute approximate surface area is 320 Å². The summed E-state index contributed by atoms with van der Waals surface area (Å²) >= 11 is 0. The van der Waals surface area contributed by atoms with E-state index in [-0.39, 0.29) is 90.2 Å². The first-order valence-corrected chi connectivity index (χ1v) is 18.0. The van der Waals surface area contributed by atoms with Gasteiger partial charge in [-0.05, 0) is 25.7 Å². The highest BCUT2D eigenvalue weighted by Crippen LogP contribution is 2.19. The molecule has 1 aliphatic heterocycles. The van der Waals surface area contributed by atoms with Crippen LogP contribution in [0.2, 0.25) is 0 Å². The number of rotatable bonds is 28. The van der Waals surface area contributed by atoms with Crippen molar-refractivity contribution in [1.29, 1.82) is 0 Å². The van der Waals surface area contributed by atoms with Crippen molar-refractivity contribution in [3.8, 4) is 0 Å². The average molecular weight is 810 g/mol. The van der Waals surface area contributed by atoms with E-state index in [0.717, 1.165) is 0 Å². The van der Waals surface area contributed by atoms with Crippen LogP contribution in [0.5, 0.6) is 0 Å². The molecule has 0 saturated carbocycles. The number of aliphatic hydroxyl groups is 13. The van der Waals surface area contributed by atoms with E-state index < -0.39 is 92.5 Å². The SMILES string of the molecule is CC(C)C(O)COCC(O)C(=O)O.CC1OC1CO.O=C(CCC(=O)NCC(O)CO)NCCN(CC(O)C(O)C(O)CCO)CC(O)C(O)C(O)CCO. The minimum Gasteiger partial charge on any atom is -0.479 e. The quantitative estimate of drug-likeness (QED) is 0.0326. The van der Waals surface area contributed by atoms with Crippen LogP contribution in [-0.2, 0) is 23.9 Å². The number of carbonyl (C=O) groups excluding carboxylic acids is 2. The van der Waals surface area contributed by atoms with Gasteiger partial charge in [0.05, 0.1) is 69.2 Å². The summed E-state index contributed by atoms with van der Waals surface area (Å²) in [5, 5.41) is 135. The number of aliphatic hydroxyl groups excluding tert-OH is 13. The Hall–Kier alpha value is -2.23. The fourth-order valence-corrected chi connectivity index (χ4v) is 4.16. The molecule has 11 atom stereocenters. The summed E-state index contributed by atoms with van der Waals surface area (Å²) in [6.07, 6.45) is -12.6. The van der Waals surface area contributed by atoms with Gasteiger partial charge in [0.25, 0.3) is 0 Å². The number of nitrogens with one attached hydrogen (secondary N) is 2. The average Bonchev–Trinajstić information content (AvgIpc) is 3.87. The summed E-state index contributed by atoms with van der Waals surface area (Å²) in [5.41, 5.74) is 0. The molecule has 0 aromatic heterocycles. The van der Waals surface area contributed by atoms with Gasteiger partial charge in [-0.1, -0.05) is 13.8 Å². The highest BCUT2D eigenvalue weighted by atomic mass is 16.6. The lowest BCUT2D eigenvalue weighted by Crippen LogP contribution is -2.51. The van der Waals surface area contributed by atoms with Gasteiger partial charge in [-0.3, -0.25) is 14.5 Å². The summed E-state index contributed by atoms with van der Waals surface area (Å²) in [5.74, 6) is -2.26. The van der Waals surface area contributed by atoms with E-state index in [2.05, 4.69) is 10.6 Å². The van der Waals surface area contributed by atoms with E-state index in [1.807, 2.05) is 20.8 Å². The van der Waals surface area contributed by atoms with Crippen molar-refractivity contribution < 1.29 is 95.3 Å². The monoisotopic (exact) mass is 809 g/mol. The van der Waals surface area contributed by atoms with Crippen LogP contribution in [0.3, 0.4) is 0 Å². The van der Waals surface area contributed by atoms with Gasteiger partial charge < -0.3 is 91.6 Å². The lowest BCUT2D eigenvalue weighted by atomic mass is 10.0. The minimum absolute atomic E-state index is 0.000376. The number of nitrogens with zero attached hydrogens (tertiary/aromatic N) is 1. The standard InChI is InChI=1S/C21H43N3O12.C8H16O5.C4H8O2/c25-7-3-14(29)20(35)16(31)10-24(11-17(32)21(36)15(30)4-8-26)6-5-22-18(33)1-2-19(34)23-9-13(28)12-27;1-5(2)6(9)3-13-4-7(10)8(11)12;1-3-4(2-5)6-3/h13-17,20-21,25-32,35-36H,1-12H2,(H,22,33)(H,23,34);5-7,9-10H,3-4H2,1-2H3,(H,11,12);3-5H,2H2,1H3. The summed E-state index contributed by atoms with van der Waals surface area (Å²) in [6, 6.07) is 0. The second-order valence-electron chi connectivity index (χ2n) is 13.3. The Bertz CT molecular complexity index is 974. The maximum atomic E-state index is 12.0. The third-order valence-electron chi connectivity index (χ3n) is 8.03. The van der Waals surface area contributed by atoms with E-state index in [1.54, 1.807) is 0 Å². The lowest BCUT2D eigenvalue weighted by molar-refractivity contribution is -0.150. The third-order valence-corrected chi connectivity index (χ3v) is 8.03. The van der Waals surface area contributed by atoms with Gasteiger partial charge in [-0.15, -0.1) is 0 Å². The van der Waals surface area contributed by atoms with Crippen molar-refractivity contribution in [3.05, 3.63) is 0 Å².